The number of aryl methyl sites for hydroxylation is 2. The van der Waals surface area contributed by atoms with Gasteiger partial charge >= 0.3 is 17.1 Å². The Kier molecular flexibility index (Phi) is 12.9. The average Bonchev–Trinajstić information content (AvgIpc) is 2.83. The average molecular weight is 635 g/mol. The normalized spacial score (nSPS) is 12.0. The molecule has 19 heteroatoms. The van der Waals surface area contributed by atoms with Gasteiger partial charge in [0, 0.05) is 17.3 Å². The molecule has 1 aromatic heterocycles. The Balaban J connectivity index is 0.000000479. The van der Waals surface area contributed by atoms with Crippen LogP contribution in [0.15, 0.2) is 47.7 Å². The fraction of sp³-hybridized carbons (Fsp3) is 0.409. The smallest absolute Gasteiger partial charge is 0.443 e. The number of amides is 1. The van der Waals surface area contributed by atoms with Crippen LogP contribution >= 0.6 is 0 Å². The number of sulfonamides is 2. The zero-order chi connectivity index (χ0) is 31.5. The lowest BCUT2D eigenvalue weighted by Gasteiger charge is -2.22. The van der Waals surface area contributed by atoms with Crippen LogP contribution in [0.25, 0.3) is 4.13 Å². The lowest BCUT2D eigenvalue weighted by Crippen LogP contribution is -2.36. The number of hydrogen-bond donors (Lipinski definition) is 1. The van der Waals surface area contributed by atoms with Crippen molar-refractivity contribution in [2.24, 2.45) is 4.99 Å². The largest absolute Gasteiger partial charge is 0.480 e. The topological polar surface area (TPSA) is 154 Å². The number of hydrogen-bond acceptors (Lipinski definition) is 8. The van der Waals surface area contributed by atoms with Crippen LogP contribution in [0, 0.1) is 6.92 Å². The van der Waals surface area contributed by atoms with Crippen LogP contribution < -0.4 is 9.88 Å². The van der Waals surface area contributed by atoms with Gasteiger partial charge in [-0.3, -0.25) is 5.32 Å². The number of pyridine rings is 1. The first-order chi connectivity index (χ1) is 18.8. The van der Waals surface area contributed by atoms with Gasteiger partial charge < -0.3 is 8.86 Å². The van der Waals surface area contributed by atoms with Gasteiger partial charge in [0.15, 0.2) is 45.6 Å². The molecule has 2 rings (SSSR count). The summed E-state index contributed by atoms with van der Waals surface area (Å²) in [5.41, 5.74) is -9.31. The number of halogens is 6. The maximum absolute atomic E-state index is 11.9. The lowest BCUT2D eigenvalue weighted by atomic mass is 10.1. The molecule has 1 N–H and O–H groups in total. The molecular weight excluding hydrogens is 610 g/mol. The summed E-state index contributed by atoms with van der Waals surface area (Å²) >= 11 is 0. The van der Waals surface area contributed by atoms with Crippen LogP contribution in [0.4, 0.5) is 42.5 Å². The summed E-state index contributed by atoms with van der Waals surface area (Å²) in [7, 11) is -13.4. The molecule has 0 aliphatic rings. The summed E-state index contributed by atoms with van der Waals surface area (Å²) in [5.74, 6) is 0. The van der Waals surface area contributed by atoms with E-state index in [4.69, 9.17) is 4.74 Å². The molecule has 11 nitrogen and oxygen atoms in total. The van der Waals surface area contributed by atoms with E-state index in [1.807, 2.05) is 23.8 Å². The Morgan fingerprint density at radius 1 is 1.07 bits per heavy atom. The molecule has 0 saturated carbocycles. The molecule has 0 spiro atoms. The first kappa shape index (κ1) is 35.5. The molecule has 0 bridgehead atoms. The molecule has 0 unspecified atom stereocenters. The first-order valence-corrected chi connectivity index (χ1v) is 14.2. The molecule has 1 aromatic carbocycles. The summed E-state index contributed by atoms with van der Waals surface area (Å²) in [4.78, 5) is 25.9. The van der Waals surface area contributed by atoms with E-state index in [0.717, 1.165) is 29.0 Å². The van der Waals surface area contributed by atoms with Crippen molar-refractivity contribution >= 4 is 43.6 Å². The quantitative estimate of drug-likeness (QED) is 0.169. The van der Waals surface area contributed by atoms with E-state index >= 15 is 0 Å². The number of aliphatic imine (C=N–C) groups is 1. The molecule has 0 saturated heterocycles. The first-order valence-electron chi connectivity index (χ1n) is 11.3. The standard InChI is InChI=1S/C20H23N3O3.C2F6NO4S2/c1-3-4-6-17-7-5-10-23(14-17)11-12-26-20(25)22-18-9-8-16(2)19(13-18)21-15-24;3-1(4,5)14(10,11)9-15(12,13)2(6,7)8/h5,7-10,13-14H,3-4,6,11-12H2,1-2H3;/q;-1/p+1. The molecule has 1 amide bonds. The van der Waals surface area contributed by atoms with Crippen LogP contribution in [-0.4, -0.2) is 46.6 Å². The highest BCUT2D eigenvalue weighted by atomic mass is 32.3. The molecular formula is C22H24F6N4O7S2. The minimum atomic E-state index is -6.72. The Labute approximate surface area is 231 Å². The van der Waals surface area contributed by atoms with Crippen molar-refractivity contribution in [3.63, 3.8) is 0 Å². The second-order valence-electron chi connectivity index (χ2n) is 7.94. The number of carbonyl (C=O) groups excluding carboxylic acids is 2. The van der Waals surface area contributed by atoms with Gasteiger partial charge in [0.2, 0.25) is 6.08 Å². The molecule has 0 radical (unpaired) electrons. The van der Waals surface area contributed by atoms with Crippen molar-refractivity contribution in [1.82, 2.24) is 0 Å². The predicted octanol–water partition coefficient (Wildman–Crippen LogP) is 4.90. The van der Waals surface area contributed by atoms with Gasteiger partial charge in [-0.15, -0.1) is 0 Å². The number of unbranched alkanes of at least 4 members (excludes halogenated alkanes) is 1. The Bertz CT molecular complexity index is 1420. The second-order valence-corrected chi connectivity index (χ2v) is 11.4. The fourth-order valence-corrected chi connectivity index (χ4v) is 4.42. The summed E-state index contributed by atoms with van der Waals surface area (Å²) in [5, 5.41) is 2.63. The van der Waals surface area contributed by atoms with Gasteiger partial charge in [0.25, 0.3) is 0 Å². The fourth-order valence-electron chi connectivity index (χ4n) is 2.71. The molecule has 2 aromatic rings. The van der Waals surface area contributed by atoms with E-state index in [1.165, 1.54) is 11.6 Å². The number of ether oxygens (including phenoxy) is 1. The van der Waals surface area contributed by atoms with Crippen molar-refractivity contribution in [3.8, 4) is 0 Å². The van der Waals surface area contributed by atoms with Gasteiger partial charge in [-0.25, -0.2) is 31.0 Å². The van der Waals surface area contributed by atoms with Crippen molar-refractivity contribution < 1.29 is 62.1 Å². The van der Waals surface area contributed by atoms with Crippen molar-refractivity contribution in [2.75, 3.05) is 11.9 Å². The lowest BCUT2D eigenvalue weighted by molar-refractivity contribution is -0.698. The Morgan fingerprint density at radius 2 is 1.68 bits per heavy atom. The minimum absolute atomic E-state index is 0.263. The van der Waals surface area contributed by atoms with Crippen molar-refractivity contribution in [1.29, 1.82) is 0 Å². The minimum Gasteiger partial charge on any atom is -0.443 e. The van der Waals surface area contributed by atoms with Crippen LogP contribution in [0.5, 0.6) is 0 Å². The van der Waals surface area contributed by atoms with Gasteiger partial charge in [-0.05, 0) is 43.5 Å². The summed E-state index contributed by atoms with van der Waals surface area (Å²) < 4.78 is 116. The summed E-state index contributed by atoms with van der Waals surface area (Å²) in [6.45, 7) is 4.84. The molecule has 0 fully saturated rings. The van der Waals surface area contributed by atoms with Gasteiger partial charge in [-0.2, -0.15) is 31.3 Å². The monoisotopic (exact) mass is 634 g/mol. The number of carbonyl (C=O) groups is 1. The van der Waals surface area contributed by atoms with E-state index < -0.39 is 37.2 Å². The zero-order valence-corrected chi connectivity index (χ0v) is 23.0. The maximum Gasteiger partial charge on any atom is 0.480 e. The SMILES string of the molecule is CCCCc1ccc[n+](CCOC(=O)Nc2ccc(C)c(N=C=O)c2)c1.O=S(=O)([N-]S(=O)(=O)C(F)(F)F)C(F)(F)F. The number of nitrogens with one attached hydrogen (secondary N) is 1. The van der Waals surface area contributed by atoms with E-state index in [1.54, 1.807) is 18.2 Å². The van der Waals surface area contributed by atoms with Crippen LogP contribution in [0.3, 0.4) is 0 Å². The second kappa shape index (κ2) is 14.9. The van der Waals surface area contributed by atoms with Crippen LogP contribution in [0.2, 0.25) is 0 Å². The molecule has 0 atom stereocenters. The number of alkyl halides is 6. The summed E-state index contributed by atoms with van der Waals surface area (Å²) in [6, 6.07) is 9.21. The van der Waals surface area contributed by atoms with E-state index in [-0.39, 0.29) is 6.61 Å². The Morgan fingerprint density at radius 3 is 2.22 bits per heavy atom. The third-order valence-electron chi connectivity index (χ3n) is 4.72. The number of benzene rings is 1. The van der Waals surface area contributed by atoms with E-state index in [9.17, 15) is 52.8 Å². The molecule has 0 aliphatic carbocycles. The number of aromatic nitrogens is 1. The maximum atomic E-state index is 11.9. The molecule has 228 valence electrons. The zero-order valence-electron chi connectivity index (χ0n) is 21.4. The summed E-state index contributed by atoms with van der Waals surface area (Å²) in [6.07, 6.45) is 8.38. The number of rotatable bonds is 10. The van der Waals surface area contributed by atoms with Crippen LogP contribution in [-0.2, 0) is 42.5 Å². The highest BCUT2D eigenvalue weighted by Gasteiger charge is 2.46. The number of nitrogens with zero attached hydrogens (tertiary/aromatic N) is 3. The van der Waals surface area contributed by atoms with Crippen LogP contribution in [0.1, 0.15) is 30.9 Å². The predicted molar refractivity (Wildman–Crippen MR) is 132 cm³/mol. The van der Waals surface area contributed by atoms with Gasteiger partial charge in [0.1, 0.15) is 0 Å². The third-order valence-corrected chi connectivity index (χ3v) is 7.46. The van der Waals surface area contributed by atoms with Crippen molar-refractivity contribution in [3.05, 3.63) is 58.0 Å². The number of anilines is 1. The molecule has 41 heavy (non-hydrogen) atoms. The molecule has 0 aliphatic heterocycles. The van der Waals surface area contributed by atoms with Gasteiger partial charge in [0.05, 0.1) is 5.69 Å². The number of isocyanates is 1. The highest BCUT2D eigenvalue weighted by Crippen LogP contribution is 2.36. The van der Waals surface area contributed by atoms with E-state index in [0.29, 0.717) is 17.9 Å². The Hall–Kier alpha value is -3.54. The highest BCUT2D eigenvalue weighted by molar-refractivity contribution is 8.13. The van der Waals surface area contributed by atoms with Crippen molar-refractivity contribution in [2.45, 2.75) is 50.7 Å². The van der Waals surface area contributed by atoms with E-state index in [2.05, 4.69) is 29.5 Å². The van der Waals surface area contributed by atoms with Gasteiger partial charge in [-0.1, -0.05) is 19.4 Å². The third kappa shape index (κ3) is 11.8. The molecule has 1 heterocycles.